The van der Waals surface area contributed by atoms with Crippen molar-refractivity contribution in [1.82, 2.24) is 0 Å². The first-order valence-electron chi connectivity index (χ1n) is 5.73. The van der Waals surface area contributed by atoms with E-state index in [4.69, 9.17) is 10.6 Å². The Kier molecular flexibility index (Phi) is 4.69. The molecule has 100 valence electrons. The van der Waals surface area contributed by atoms with Crippen LogP contribution in [0.25, 0.3) is 0 Å². The van der Waals surface area contributed by atoms with Gasteiger partial charge in [0.2, 0.25) is 0 Å². The maximum atomic E-state index is 11.6. The van der Waals surface area contributed by atoms with Gasteiger partial charge >= 0.3 is 6.09 Å². The summed E-state index contributed by atoms with van der Waals surface area (Å²) in [6.07, 6.45) is -0.464. The van der Waals surface area contributed by atoms with Crippen LogP contribution in [0.4, 0.5) is 10.5 Å². The number of anilines is 1. The second-order valence-electron chi connectivity index (χ2n) is 5.09. The molecule has 0 aliphatic carbocycles. The lowest BCUT2D eigenvalue weighted by Crippen LogP contribution is -2.27. The number of ether oxygens (including phenoxy) is 1. The van der Waals surface area contributed by atoms with E-state index in [1.54, 1.807) is 6.07 Å². The number of rotatable bonds is 3. The lowest BCUT2D eigenvalue weighted by Gasteiger charge is -2.20. The molecular weight excluding hydrogens is 232 g/mol. The van der Waals surface area contributed by atoms with Gasteiger partial charge in [-0.3, -0.25) is 10.2 Å². The van der Waals surface area contributed by atoms with Gasteiger partial charge in [0.05, 0.1) is 6.61 Å². The summed E-state index contributed by atoms with van der Waals surface area (Å²) in [5.41, 5.74) is 2.08. The van der Waals surface area contributed by atoms with Gasteiger partial charge in [-0.25, -0.2) is 10.7 Å². The molecule has 1 amide bonds. The van der Waals surface area contributed by atoms with Crippen molar-refractivity contribution < 1.29 is 14.4 Å². The van der Waals surface area contributed by atoms with Crippen LogP contribution < -0.4 is 11.2 Å². The highest BCUT2D eigenvalue weighted by atomic mass is 16.6. The van der Waals surface area contributed by atoms with Gasteiger partial charge in [-0.1, -0.05) is 12.1 Å². The predicted octanol–water partition coefficient (Wildman–Crippen LogP) is 2.73. The highest BCUT2D eigenvalue weighted by Gasteiger charge is 2.16. The van der Waals surface area contributed by atoms with Crippen LogP contribution in [0.5, 0.6) is 0 Å². The van der Waals surface area contributed by atoms with Crippen LogP contribution in [0.2, 0.25) is 0 Å². The van der Waals surface area contributed by atoms with Gasteiger partial charge in [0, 0.05) is 5.69 Å². The summed E-state index contributed by atoms with van der Waals surface area (Å²) in [7, 11) is 0. The van der Waals surface area contributed by atoms with Gasteiger partial charge in [-0.15, -0.1) is 0 Å². The lowest BCUT2D eigenvalue weighted by molar-refractivity contribution is 0.0636. The van der Waals surface area contributed by atoms with Crippen molar-refractivity contribution in [3.05, 3.63) is 29.3 Å². The SMILES string of the molecule is Cc1cc(CON)ccc1NC(=O)OC(C)(C)C. The molecule has 0 bridgehead atoms. The quantitative estimate of drug-likeness (QED) is 0.811. The first-order chi connectivity index (χ1) is 8.31. The van der Waals surface area contributed by atoms with E-state index in [-0.39, 0.29) is 0 Å². The van der Waals surface area contributed by atoms with Crippen LogP contribution in [0.15, 0.2) is 18.2 Å². The average molecular weight is 252 g/mol. The third kappa shape index (κ3) is 4.73. The number of carbonyl (C=O) groups excluding carboxylic acids is 1. The number of benzene rings is 1. The molecule has 0 radical (unpaired) electrons. The van der Waals surface area contributed by atoms with Crippen LogP contribution in [-0.4, -0.2) is 11.7 Å². The number of nitrogens with one attached hydrogen (secondary N) is 1. The first kappa shape index (κ1) is 14.5. The molecule has 0 unspecified atom stereocenters. The van der Waals surface area contributed by atoms with Crippen molar-refractivity contribution in [1.29, 1.82) is 0 Å². The average Bonchev–Trinajstić information content (AvgIpc) is 2.20. The van der Waals surface area contributed by atoms with E-state index < -0.39 is 11.7 Å². The van der Waals surface area contributed by atoms with Crippen LogP contribution in [0, 0.1) is 6.92 Å². The Balaban J connectivity index is 2.71. The monoisotopic (exact) mass is 252 g/mol. The van der Waals surface area contributed by atoms with Crippen LogP contribution in [-0.2, 0) is 16.2 Å². The summed E-state index contributed by atoms with van der Waals surface area (Å²) in [4.78, 5) is 16.2. The zero-order valence-corrected chi connectivity index (χ0v) is 11.2. The summed E-state index contributed by atoms with van der Waals surface area (Å²) in [5, 5.41) is 2.70. The van der Waals surface area contributed by atoms with E-state index in [0.717, 1.165) is 11.1 Å². The normalized spacial score (nSPS) is 11.2. The molecule has 1 aromatic rings. The molecule has 0 aliphatic heterocycles. The van der Waals surface area contributed by atoms with E-state index in [1.807, 2.05) is 39.8 Å². The molecule has 0 aromatic heterocycles. The fourth-order valence-electron chi connectivity index (χ4n) is 1.47. The Hall–Kier alpha value is -1.59. The number of hydrogen-bond donors (Lipinski definition) is 2. The molecule has 0 atom stereocenters. The summed E-state index contributed by atoms with van der Waals surface area (Å²) in [6.45, 7) is 7.70. The van der Waals surface area contributed by atoms with E-state index in [9.17, 15) is 4.79 Å². The van der Waals surface area contributed by atoms with Gasteiger partial charge in [-0.05, 0) is 44.9 Å². The predicted molar refractivity (Wildman–Crippen MR) is 70.0 cm³/mol. The van der Waals surface area contributed by atoms with Crippen LogP contribution in [0.1, 0.15) is 31.9 Å². The van der Waals surface area contributed by atoms with Crippen molar-refractivity contribution in [3.8, 4) is 0 Å². The lowest BCUT2D eigenvalue weighted by atomic mass is 10.1. The third-order valence-electron chi connectivity index (χ3n) is 2.18. The topological polar surface area (TPSA) is 73.6 Å². The maximum Gasteiger partial charge on any atom is 0.412 e. The molecule has 3 N–H and O–H groups in total. The van der Waals surface area contributed by atoms with Crippen LogP contribution in [0.3, 0.4) is 0 Å². The minimum absolute atomic E-state index is 0.341. The summed E-state index contributed by atoms with van der Waals surface area (Å²) >= 11 is 0. The largest absolute Gasteiger partial charge is 0.444 e. The zero-order valence-electron chi connectivity index (χ0n) is 11.2. The standard InChI is InChI=1S/C13H20N2O3/c1-9-7-10(8-17-14)5-6-11(9)15-12(16)18-13(2,3)4/h5-7H,8,14H2,1-4H3,(H,15,16). The summed E-state index contributed by atoms with van der Waals surface area (Å²) in [6, 6.07) is 5.54. The molecule has 18 heavy (non-hydrogen) atoms. The van der Waals surface area contributed by atoms with E-state index in [1.165, 1.54) is 0 Å². The van der Waals surface area contributed by atoms with Crippen LogP contribution >= 0.6 is 0 Å². The number of hydrogen-bond acceptors (Lipinski definition) is 4. The number of nitrogens with two attached hydrogens (primary N) is 1. The van der Waals surface area contributed by atoms with E-state index in [2.05, 4.69) is 10.2 Å². The fraction of sp³-hybridized carbons (Fsp3) is 0.462. The molecule has 0 heterocycles. The molecular formula is C13H20N2O3. The van der Waals surface area contributed by atoms with E-state index >= 15 is 0 Å². The Morgan fingerprint density at radius 3 is 2.56 bits per heavy atom. The maximum absolute atomic E-state index is 11.6. The molecule has 0 aliphatic rings. The molecule has 1 rings (SSSR count). The molecule has 1 aromatic carbocycles. The second kappa shape index (κ2) is 5.84. The summed E-state index contributed by atoms with van der Waals surface area (Å²) < 4.78 is 5.18. The van der Waals surface area contributed by atoms with Gasteiger partial charge in [0.1, 0.15) is 5.60 Å². The zero-order chi connectivity index (χ0) is 13.8. The first-order valence-corrected chi connectivity index (χ1v) is 5.73. The number of carbonyl (C=O) groups is 1. The van der Waals surface area contributed by atoms with Crippen molar-refractivity contribution in [3.63, 3.8) is 0 Å². The van der Waals surface area contributed by atoms with Crippen molar-refractivity contribution in [2.24, 2.45) is 5.90 Å². The second-order valence-corrected chi connectivity index (χ2v) is 5.09. The van der Waals surface area contributed by atoms with E-state index in [0.29, 0.717) is 12.3 Å². The highest BCUT2D eigenvalue weighted by Crippen LogP contribution is 2.18. The molecule has 0 spiro atoms. The fourth-order valence-corrected chi connectivity index (χ4v) is 1.47. The van der Waals surface area contributed by atoms with Crippen molar-refractivity contribution in [2.45, 2.75) is 39.9 Å². The smallest absolute Gasteiger partial charge is 0.412 e. The van der Waals surface area contributed by atoms with Gasteiger partial charge in [0.15, 0.2) is 0 Å². The summed E-state index contributed by atoms with van der Waals surface area (Å²) in [5.74, 6) is 5.01. The number of aryl methyl sites for hydroxylation is 1. The van der Waals surface area contributed by atoms with Crippen molar-refractivity contribution >= 4 is 11.8 Å². The molecule has 5 heteroatoms. The minimum Gasteiger partial charge on any atom is -0.444 e. The van der Waals surface area contributed by atoms with Gasteiger partial charge in [0.25, 0.3) is 0 Å². The third-order valence-corrected chi connectivity index (χ3v) is 2.18. The Morgan fingerprint density at radius 1 is 1.39 bits per heavy atom. The highest BCUT2D eigenvalue weighted by molar-refractivity contribution is 5.85. The molecule has 0 saturated heterocycles. The Labute approximate surface area is 107 Å². The number of amides is 1. The Morgan fingerprint density at radius 2 is 2.06 bits per heavy atom. The van der Waals surface area contributed by atoms with Crippen molar-refractivity contribution in [2.75, 3.05) is 5.32 Å². The van der Waals surface area contributed by atoms with Gasteiger partial charge in [-0.2, -0.15) is 0 Å². The molecule has 0 fully saturated rings. The minimum atomic E-state index is -0.509. The molecule has 0 saturated carbocycles. The van der Waals surface area contributed by atoms with Gasteiger partial charge < -0.3 is 4.74 Å². The molecule has 5 nitrogen and oxygen atoms in total. The Bertz CT molecular complexity index is 425.